The summed E-state index contributed by atoms with van der Waals surface area (Å²) in [7, 11) is 0. The molecular formula is C13H13F3N2O3. The Morgan fingerprint density at radius 2 is 2.14 bits per heavy atom. The zero-order chi connectivity index (χ0) is 15.6. The largest absolute Gasteiger partial charge is 0.478 e. The number of alkyl halides is 3. The predicted molar refractivity (Wildman–Crippen MR) is 68.1 cm³/mol. The van der Waals surface area contributed by atoms with E-state index >= 15 is 0 Å². The summed E-state index contributed by atoms with van der Waals surface area (Å²) in [6.07, 6.45) is -3.60. The summed E-state index contributed by atoms with van der Waals surface area (Å²) in [6, 6.07) is 2.35. The third-order valence-corrected chi connectivity index (χ3v) is 3.20. The standard InChI is InChI=1S/C13H13F3N2O3/c14-13(15,16)7-1-3-10(9(5-7)12(20)21)17-6-8-2-4-11(19)18-8/h1,3,5,8,17H,2,4,6H2,(H,18,19)(H,20,21). The molecule has 1 amide bonds. The van der Waals surface area contributed by atoms with Gasteiger partial charge in [0.1, 0.15) is 0 Å². The van der Waals surface area contributed by atoms with E-state index in [1.54, 1.807) is 0 Å². The summed E-state index contributed by atoms with van der Waals surface area (Å²) in [5, 5.41) is 14.5. The molecule has 5 nitrogen and oxygen atoms in total. The zero-order valence-corrected chi connectivity index (χ0v) is 10.8. The molecule has 3 N–H and O–H groups in total. The van der Waals surface area contributed by atoms with Gasteiger partial charge in [0.25, 0.3) is 0 Å². The van der Waals surface area contributed by atoms with E-state index in [4.69, 9.17) is 5.11 Å². The minimum atomic E-state index is -4.60. The van der Waals surface area contributed by atoms with Gasteiger partial charge in [-0.05, 0) is 24.6 Å². The van der Waals surface area contributed by atoms with Gasteiger partial charge in [-0.25, -0.2) is 4.79 Å². The average Bonchev–Trinajstić information content (AvgIpc) is 2.80. The normalized spacial score (nSPS) is 18.4. The molecule has 1 aliphatic rings. The van der Waals surface area contributed by atoms with Crippen LogP contribution in [0.15, 0.2) is 18.2 Å². The molecule has 0 spiro atoms. The average molecular weight is 302 g/mol. The van der Waals surface area contributed by atoms with Crippen LogP contribution < -0.4 is 10.6 Å². The van der Waals surface area contributed by atoms with Gasteiger partial charge in [0.2, 0.25) is 5.91 Å². The number of carboxylic acids is 1. The summed E-state index contributed by atoms with van der Waals surface area (Å²) in [4.78, 5) is 22.1. The summed E-state index contributed by atoms with van der Waals surface area (Å²) in [6.45, 7) is 0.261. The van der Waals surface area contributed by atoms with Crippen LogP contribution in [0, 0.1) is 0 Å². The summed E-state index contributed by atoms with van der Waals surface area (Å²) < 4.78 is 37.7. The Labute approximate surface area is 118 Å². The Kier molecular flexibility index (Phi) is 4.06. The number of halogens is 3. The fraction of sp³-hybridized carbons (Fsp3) is 0.385. The fourth-order valence-electron chi connectivity index (χ4n) is 2.12. The van der Waals surface area contributed by atoms with Crippen LogP contribution in [0.1, 0.15) is 28.8 Å². The number of anilines is 1. The lowest BCUT2D eigenvalue weighted by atomic mass is 10.1. The summed E-state index contributed by atoms with van der Waals surface area (Å²) >= 11 is 0. The van der Waals surface area contributed by atoms with Crippen molar-refractivity contribution in [2.75, 3.05) is 11.9 Å². The zero-order valence-electron chi connectivity index (χ0n) is 10.8. The smallest absolute Gasteiger partial charge is 0.416 e. The summed E-state index contributed by atoms with van der Waals surface area (Å²) in [5.74, 6) is -1.54. The van der Waals surface area contributed by atoms with Crippen LogP contribution >= 0.6 is 0 Å². The first-order valence-electron chi connectivity index (χ1n) is 6.25. The minimum absolute atomic E-state index is 0.0901. The van der Waals surface area contributed by atoms with E-state index in [9.17, 15) is 22.8 Å². The van der Waals surface area contributed by atoms with Gasteiger partial charge >= 0.3 is 12.1 Å². The van der Waals surface area contributed by atoms with Crippen molar-refractivity contribution in [1.29, 1.82) is 0 Å². The maximum absolute atomic E-state index is 12.6. The van der Waals surface area contributed by atoms with Crippen LogP contribution in [0.4, 0.5) is 18.9 Å². The molecule has 0 saturated carbocycles. The molecule has 1 fully saturated rings. The molecule has 1 unspecified atom stereocenters. The first kappa shape index (κ1) is 15.1. The number of carboxylic acid groups (broad SMARTS) is 1. The van der Waals surface area contributed by atoms with Crippen LogP contribution in [-0.2, 0) is 11.0 Å². The Morgan fingerprint density at radius 3 is 2.67 bits per heavy atom. The second-order valence-corrected chi connectivity index (χ2v) is 4.75. The Morgan fingerprint density at radius 1 is 1.43 bits per heavy atom. The molecule has 1 atom stereocenters. The van der Waals surface area contributed by atoms with Crippen LogP contribution in [0.5, 0.6) is 0 Å². The second-order valence-electron chi connectivity index (χ2n) is 4.75. The first-order valence-corrected chi connectivity index (χ1v) is 6.25. The third-order valence-electron chi connectivity index (χ3n) is 3.20. The molecule has 0 bridgehead atoms. The van der Waals surface area contributed by atoms with Gasteiger partial charge in [0, 0.05) is 24.7 Å². The maximum atomic E-state index is 12.6. The number of aromatic carboxylic acids is 1. The van der Waals surface area contributed by atoms with Crippen molar-refractivity contribution in [2.24, 2.45) is 0 Å². The van der Waals surface area contributed by atoms with Gasteiger partial charge in [-0.2, -0.15) is 13.2 Å². The molecule has 8 heteroatoms. The molecule has 0 radical (unpaired) electrons. The minimum Gasteiger partial charge on any atom is -0.478 e. The van der Waals surface area contributed by atoms with Gasteiger partial charge < -0.3 is 15.7 Å². The number of rotatable bonds is 4. The topological polar surface area (TPSA) is 78.4 Å². The van der Waals surface area contributed by atoms with Gasteiger partial charge in [-0.15, -0.1) is 0 Å². The highest BCUT2D eigenvalue weighted by molar-refractivity contribution is 5.94. The molecule has 1 aromatic carbocycles. The van der Waals surface area contributed by atoms with Crippen molar-refractivity contribution in [3.8, 4) is 0 Å². The van der Waals surface area contributed by atoms with E-state index in [1.807, 2.05) is 0 Å². The van der Waals surface area contributed by atoms with E-state index in [2.05, 4.69) is 10.6 Å². The van der Waals surface area contributed by atoms with Crippen molar-refractivity contribution in [2.45, 2.75) is 25.1 Å². The predicted octanol–water partition coefficient (Wildman–Crippen LogP) is 2.09. The molecule has 1 saturated heterocycles. The quantitative estimate of drug-likeness (QED) is 0.796. The van der Waals surface area contributed by atoms with Crippen LogP contribution in [0.25, 0.3) is 0 Å². The van der Waals surface area contributed by atoms with Crippen molar-refractivity contribution >= 4 is 17.6 Å². The lowest BCUT2D eigenvalue weighted by Gasteiger charge is -2.15. The monoisotopic (exact) mass is 302 g/mol. The number of carbonyl (C=O) groups excluding carboxylic acids is 1. The molecule has 1 heterocycles. The second kappa shape index (κ2) is 5.63. The van der Waals surface area contributed by atoms with Gasteiger partial charge in [-0.1, -0.05) is 0 Å². The maximum Gasteiger partial charge on any atom is 0.416 e. The highest BCUT2D eigenvalue weighted by atomic mass is 19.4. The van der Waals surface area contributed by atoms with Crippen LogP contribution in [0.2, 0.25) is 0 Å². The Balaban J connectivity index is 2.15. The van der Waals surface area contributed by atoms with Crippen molar-refractivity contribution in [3.05, 3.63) is 29.3 Å². The SMILES string of the molecule is O=C1CCC(CNc2ccc(C(F)(F)F)cc2C(=O)O)N1. The van der Waals surface area contributed by atoms with Crippen molar-refractivity contribution in [3.63, 3.8) is 0 Å². The number of amides is 1. The molecule has 2 rings (SSSR count). The molecule has 0 aliphatic carbocycles. The van der Waals surface area contributed by atoms with E-state index in [1.165, 1.54) is 0 Å². The summed E-state index contributed by atoms with van der Waals surface area (Å²) in [5.41, 5.74) is -1.37. The third kappa shape index (κ3) is 3.65. The lowest BCUT2D eigenvalue weighted by molar-refractivity contribution is -0.137. The molecule has 21 heavy (non-hydrogen) atoms. The number of hydrogen-bond acceptors (Lipinski definition) is 3. The first-order chi connectivity index (χ1) is 9.77. The number of nitrogens with one attached hydrogen (secondary N) is 2. The van der Waals surface area contributed by atoms with E-state index in [0.717, 1.165) is 12.1 Å². The highest BCUT2D eigenvalue weighted by Gasteiger charge is 2.32. The Bertz CT molecular complexity index is 572. The van der Waals surface area contributed by atoms with E-state index in [0.29, 0.717) is 18.9 Å². The van der Waals surface area contributed by atoms with Crippen molar-refractivity contribution < 1.29 is 27.9 Å². The van der Waals surface area contributed by atoms with Gasteiger partial charge in [-0.3, -0.25) is 4.79 Å². The lowest BCUT2D eigenvalue weighted by Crippen LogP contribution is -2.32. The van der Waals surface area contributed by atoms with Crippen molar-refractivity contribution in [1.82, 2.24) is 5.32 Å². The molecule has 1 aliphatic heterocycles. The highest BCUT2D eigenvalue weighted by Crippen LogP contribution is 2.32. The fourth-order valence-corrected chi connectivity index (χ4v) is 2.12. The number of carbonyl (C=O) groups is 2. The van der Waals surface area contributed by atoms with Gasteiger partial charge in [0.15, 0.2) is 0 Å². The van der Waals surface area contributed by atoms with E-state index in [-0.39, 0.29) is 24.2 Å². The molecule has 114 valence electrons. The van der Waals surface area contributed by atoms with Crippen LogP contribution in [0.3, 0.4) is 0 Å². The molecular weight excluding hydrogens is 289 g/mol. The molecule has 1 aromatic rings. The van der Waals surface area contributed by atoms with Crippen LogP contribution in [-0.4, -0.2) is 29.6 Å². The van der Waals surface area contributed by atoms with E-state index < -0.39 is 23.3 Å². The molecule has 0 aromatic heterocycles. The Hall–Kier alpha value is -2.25. The number of hydrogen-bond donors (Lipinski definition) is 3. The van der Waals surface area contributed by atoms with Gasteiger partial charge in [0.05, 0.1) is 11.1 Å². The number of benzene rings is 1.